The van der Waals surface area contributed by atoms with E-state index in [0.717, 1.165) is 0 Å². The third-order valence-corrected chi connectivity index (χ3v) is 8.93. The third kappa shape index (κ3) is 4.12. The average molecular weight is 543 g/mol. The first-order chi connectivity index (χ1) is 20.1. The molecule has 0 saturated heterocycles. The minimum absolute atomic E-state index is 0.0619. The van der Waals surface area contributed by atoms with Crippen molar-refractivity contribution in [3.63, 3.8) is 0 Å². The van der Waals surface area contributed by atoms with Gasteiger partial charge in [0.1, 0.15) is 0 Å². The van der Waals surface area contributed by atoms with Crippen molar-refractivity contribution in [3.8, 4) is 22.3 Å². The lowest BCUT2D eigenvalue weighted by Crippen LogP contribution is -2.12. The molecule has 0 heteroatoms. The maximum absolute atomic E-state index is 2.37. The van der Waals surface area contributed by atoms with E-state index in [1.807, 2.05) is 0 Å². The first-order valence-corrected chi connectivity index (χ1v) is 15.1. The minimum atomic E-state index is 0.0619. The van der Waals surface area contributed by atoms with Crippen molar-refractivity contribution in [2.75, 3.05) is 0 Å². The second-order valence-electron chi connectivity index (χ2n) is 13.8. The second kappa shape index (κ2) is 9.57. The zero-order valence-electron chi connectivity index (χ0n) is 25.5. The fourth-order valence-corrected chi connectivity index (χ4v) is 7.05. The van der Waals surface area contributed by atoms with E-state index in [1.54, 1.807) is 0 Å². The summed E-state index contributed by atoms with van der Waals surface area (Å²) < 4.78 is 0. The lowest BCUT2D eigenvalue weighted by Gasteiger charge is -2.25. The zero-order chi connectivity index (χ0) is 29.2. The molecule has 7 aromatic carbocycles. The van der Waals surface area contributed by atoms with E-state index in [2.05, 4.69) is 163 Å². The molecule has 206 valence electrons. The van der Waals surface area contributed by atoms with Crippen LogP contribution in [0.5, 0.6) is 0 Å². The van der Waals surface area contributed by atoms with Crippen molar-refractivity contribution in [3.05, 3.63) is 132 Å². The summed E-state index contributed by atoms with van der Waals surface area (Å²) in [5.41, 5.74) is 8.12. The van der Waals surface area contributed by atoms with Crippen LogP contribution in [-0.2, 0) is 10.8 Å². The Kier molecular flexibility index (Phi) is 6.03. The molecule has 0 nitrogen and oxygen atoms in total. The molecule has 0 spiro atoms. The predicted molar refractivity (Wildman–Crippen MR) is 185 cm³/mol. The van der Waals surface area contributed by atoms with Crippen LogP contribution in [0.3, 0.4) is 0 Å². The van der Waals surface area contributed by atoms with E-state index in [-0.39, 0.29) is 10.8 Å². The van der Waals surface area contributed by atoms with Gasteiger partial charge in [0, 0.05) is 0 Å². The van der Waals surface area contributed by atoms with Crippen molar-refractivity contribution in [2.45, 2.75) is 52.4 Å². The Labute approximate surface area is 249 Å². The molecule has 0 bridgehead atoms. The Morgan fingerprint density at radius 2 is 0.548 bits per heavy atom. The normalized spacial score (nSPS) is 12.5. The quantitative estimate of drug-likeness (QED) is 0.191. The van der Waals surface area contributed by atoms with Gasteiger partial charge in [0.05, 0.1) is 0 Å². The van der Waals surface area contributed by atoms with Gasteiger partial charge in [0.25, 0.3) is 0 Å². The second-order valence-corrected chi connectivity index (χ2v) is 13.8. The molecule has 0 aliphatic heterocycles. The van der Waals surface area contributed by atoms with E-state index in [9.17, 15) is 0 Å². The summed E-state index contributed by atoms with van der Waals surface area (Å²) in [4.78, 5) is 0. The largest absolute Gasteiger partial charge is 0.0616 e. The first-order valence-electron chi connectivity index (χ1n) is 15.1. The van der Waals surface area contributed by atoms with E-state index in [0.29, 0.717) is 0 Å². The van der Waals surface area contributed by atoms with Crippen LogP contribution in [-0.4, -0.2) is 0 Å². The minimum Gasteiger partial charge on any atom is -0.0616 e. The summed E-state index contributed by atoms with van der Waals surface area (Å²) in [6.45, 7) is 13.9. The first kappa shape index (κ1) is 26.5. The number of hydrogen-bond acceptors (Lipinski definition) is 0. The van der Waals surface area contributed by atoms with Gasteiger partial charge in [-0.05, 0) is 87.3 Å². The van der Waals surface area contributed by atoms with Crippen LogP contribution in [0.2, 0.25) is 0 Å². The molecule has 0 radical (unpaired) electrons. The van der Waals surface area contributed by atoms with E-state index in [1.165, 1.54) is 76.5 Å². The van der Waals surface area contributed by atoms with Gasteiger partial charge in [-0.15, -0.1) is 0 Å². The molecule has 0 aliphatic rings. The Balaban J connectivity index is 1.63. The third-order valence-electron chi connectivity index (χ3n) is 8.93. The Hall–Kier alpha value is -4.42. The van der Waals surface area contributed by atoms with Gasteiger partial charge in [-0.1, -0.05) is 163 Å². The van der Waals surface area contributed by atoms with Gasteiger partial charge in [-0.3, -0.25) is 0 Å². The predicted octanol–water partition coefficient (Wildman–Crippen LogP) is 12.2. The van der Waals surface area contributed by atoms with Crippen molar-refractivity contribution in [1.82, 2.24) is 0 Å². The van der Waals surface area contributed by atoms with Gasteiger partial charge >= 0.3 is 0 Å². The molecule has 0 N–H and O–H groups in total. The van der Waals surface area contributed by atoms with Crippen LogP contribution in [0.1, 0.15) is 52.7 Å². The zero-order valence-corrected chi connectivity index (χ0v) is 25.5. The van der Waals surface area contributed by atoms with Crippen LogP contribution >= 0.6 is 0 Å². The lowest BCUT2D eigenvalue weighted by molar-refractivity contribution is 0.595. The van der Waals surface area contributed by atoms with E-state index < -0.39 is 0 Å². The Bertz CT molecular complexity index is 1930. The molecule has 7 rings (SSSR count). The summed E-state index contributed by atoms with van der Waals surface area (Å²) in [7, 11) is 0. The molecule has 0 amide bonds. The van der Waals surface area contributed by atoms with Crippen LogP contribution in [0.15, 0.2) is 121 Å². The van der Waals surface area contributed by atoms with Crippen molar-refractivity contribution < 1.29 is 0 Å². The summed E-state index contributed by atoms with van der Waals surface area (Å²) in [5.74, 6) is 0. The smallest absolute Gasteiger partial charge is 0.00201 e. The molecular weight excluding hydrogens is 504 g/mol. The van der Waals surface area contributed by atoms with Crippen LogP contribution in [0, 0.1) is 0 Å². The molecule has 0 aliphatic carbocycles. The van der Waals surface area contributed by atoms with Gasteiger partial charge in [-0.25, -0.2) is 0 Å². The summed E-state index contributed by atoms with van der Waals surface area (Å²) in [5, 5.41) is 10.5. The van der Waals surface area contributed by atoms with Gasteiger partial charge in [-0.2, -0.15) is 0 Å². The maximum atomic E-state index is 2.37. The fourth-order valence-electron chi connectivity index (χ4n) is 7.05. The Morgan fingerprint density at radius 3 is 0.833 bits per heavy atom. The monoisotopic (exact) mass is 542 g/mol. The Morgan fingerprint density at radius 1 is 0.286 bits per heavy atom. The van der Waals surface area contributed by atoms with Crippen molar-refractivity contribution in [1.29, 1.82) is 0 Å². The van der Waals surface area contributed by atoms with E-state index in [4.69, 9.17) is 0 Å². The van der Waals surface area contributed by atoms with Crippen LogP contribution in [0.25, 0.3) is 65.3 Å². The highest BCUT2D eigenvalue weighted by atomic mass is 14.3. The van der Waals surface area contributed by atoms with E-state index >= 15 is 0 Å². The van der Waals surface area contributed by atoms with Crippen LogP contribution < -0.4 is 0 Å². The standard InChI is InChI=1S/C42H38/c1-41(2,3)37-25-23-35(27-15-7-9-17-29(27)37)39-31-19-11-13-21-33(31)40(34-22-14-12-20-32(34)39)36-24-26-38(42(4,5)6)30-18-10-8-16-28(30)36/h7-26H,1-6H3. The maximum Gasteiger partial charge on any atom is -0.00201 e. The highest BCUT2D eigenvalue weighted by Gasteiger charge is 2.23. The molecule has 0 unspecified atom stereocenters. The highest BCUT2D eigenvalue weighted by Crippen LogP contribution is 2.48. The molecule has 0 aromatic heterocycles. The number of fused-ring (bicyclic) bond motifs is 4. The molecule has 42 heavy (non-hydrogen) atoms. The highest BCUT2D eigenvalue weighted by molar-refractivity contribution is 6.25. The van der Waals surface area contributed by atoms with Crippen molar-refractivity contribution in [2.24, 2.45) is 0 Å². The fraction of sp³-hybridized carbons (Fsp3) is 0.190. The molecule has 0 fully saturated rings. The summed E-state index contributed by atoms with van der Waals surface area (Å²) >= 11 is 0. The average Bonchev–Trinajstić information content (AvgIpc) is 2.98. The SMILES string of the molecule is CC(C)(C)c1ccc(-c2c3ccccc3c(-c3ccc(C(C)(C)C)c4ccccc34)c3ccccc23)c2ccccc12. The molecular formula is C42H38. The molecule has 0 heterocycles. The molecule has 0 saturated carbocycles. The molecule has 0 atom stereocenters. The van der Waals surface area contributed by atoms with Gasteiger partial charge in [0.15, 0.2) is 0 Å². The van der Waals surface area contributed by atoms with Gasteiger partial charge < -0.3 is 0 Å². The summed E-state index contributed by atoms with van der Waals surface area (Å²) in [6, 6.07) is 45.4. The van der Waals surface area contributed by atoms with Gasteiger partial charge in [0.2, 0.25) is 0 Å². The topological polar surface area (TPSA) is 0 Å². The molecule has 7 aromatic rings. The van der Waals surface area contributed by atoms with Crippen molar-refractivity contribution >= 4 is 43.1 Å². The summed E-state index contributed by atoms with van der Waals surface area (Å²) in [6.07, 6.45) is 0. The van der Waals surface area contributed by atoms with Crippen LogP contribution in [0.4, 0.5) is 0 Å². The number of rotatable bonds is 2. The lowest BCUT2D eigenvalue weighted by atomic mass is 9.79. The number of hydrogen-bond donors (Lipinski definition) is 0. The number of benzene rings is 7.